The van der Waals surface area contributed by atoms with Crippen LogP contribution in [0.3, 0.4) is 0 Å². The van der Waals surface area contributed by atoms with E-state index in [0.29, 0.717) is 0 Å². The summed E-state index contributed by atoms with van der Waals surface area (Å²) in [5.41, 5.74) is 2.38. The molecule has 0 aliphatic carbocycles. The first-order chi connectivity index (χ1) is 8.84. The molecule has 94 valence electrons. The van der Waals surface area contributed by atoms with E-state index >= 15 is 0 Å². The Morgan fingerprint density at radius 1 is 1.06 bits per heavy atom. The lowest BCUT2D eigenvalue weighted by Crippen LogP contribution is -2.29. The molecule has 2 aromatic rings. The molecular formula is C15H18N2S. The summed E-state index contributed by atoms with van der Waals surface area (Å²) in [6.07, 6.45) is 3.98. The van der Waals surface area contributed by atoms with Gasteiger partial charge in [-0.2, -0.15) is 0 Å². The minimum Gasteiger partial charge on any atom is -0.348 e. The SMILES string of the molecule is Cc1sc(N2CCCCC2)nc1-c1ccccc1. The second-order valence-corrected chi connectivity index (χ2v) is 6.00. The molecule has 0 spiro atoms. The van der Waals surface area contributed by atoms with Crippen molar-refractivity contribution < 1.29 is 0 Å². The van der Waals surface area contributed by atoms with Gasteiger partial charge in [-0.25, -0.2) is 4.98 Å². The first-order valence-corrected chi connectivity index (χ1v) is 7.44. The topological polar surface area (TPSA) is 16.1 Å². The van der Waals surface area contributed by atoms with Crippen molar-refractivity contribution in [2.45, 2.75) is 26.2 Å². The van der Waals surface area contributed by atoms with Crippen LogP contribution in [0.2, 0.25) is 0 Å². The highest BCUT2D eigenvalue weighted by molar-refractivity contribution is 7.16. The van der Waals surface area contributed by atoms with Gasteiger partial charge in [-0.05, 0) is 26.2 Å². The molecule has 0 saturated carbocycles. The molecule has 2 nitrogen and oxygen atoms in total. The molecule has 1 aliphatic rings. The van der Waals surface area contributed by atoms with Crippen molar-refractivity contribution in [3.63, 3.8) is 0 Å². The average Bonchev–Trinajstić information content (AvgIpc) is 2.83. The Bertz CT molecular complexity index is 513. The predicted molar refractivity (Wildman–Crippen MR) is 78.4 cm³/mol. The lowest BCUT2D eigenvalue weighted by Gasteiger charge is -2.25. The molecule has 1 fully saturated rings. The number of aryl methyl sites for hydroxylation is 1. The lowest BCUT2D eigenvalue weighted by atomic mass is 10.1. The van der Waals surface area contributed by atoms with Gasteiger partial charge in [-0.3, -0.25) is 0 Å². The first kappa shape index (κ1) is 11.7. The smallest absolute Gasteiger partial charge is 0.186 e. The van der Waals surface area contributed by atoms with Crippen LogP contribution in [0.25, 0.3) is 11.3 Å². The first-order valence-electron chi connectivity index (χ1n) is 6.62. The van der Waals surface area contributed by atoms with Crippen LogP contribution >= 0.6 is 11.3 Å². The van der Waals surface area contributed by atoms with E-state index in [1.807, 2.05) is 11.3 Å². The van der Waals surface area contributed by atoms with E-state index in [4.69, 9.17) is 4.98 Å². The zero-order valence-corrected chi connectivity index (χ0v) is 11.5. The number of benzene rings is 1. The third-order valence-electron chi connectivity index (χ3n) is 3.46. The summed E-state index contributed by atoms with van der Waals surface area (Å²) < 4.78 is 0. The second kappa shape index (κ2) is 5.11. The number of hydrogen-bond donors (Lipinski definition) is 0. The molecule has 1 aromatic heterocycles. The monoisotopic (exact) mass is 258 g/mol. The molecule has 1 saturated heterocycles. The third-order valence-corrected chi connectivity index (χ3v) is 4.49. The van der Waals surface area contributed by atoms with Gasteiger partial charge in [-0.1, -0.05) is 30.3 Å². The highest BCUT2D eigenvalue weighted by Crippen LogP contribution is 2.33. The quantitative estimate of drug-likeness (QED) is 0.806. The fraction of sp³-hybridized carbons (Fsp3) is 0.400. The molecule has 0 atom stereocenters. The Hall–Kier alpha value is -1.35. The van der Waals surface area contributed by atoms with Crippen molar-refractivity contribution in [1.29, 1.82) is 0 Å². The summed E-state index contributed by atoms with van der Waals surface area (Å²) in [5, 5.41) is 1.20. The van der Waals surface area contributed by atoms with E-state index in [1.54, 1.807) is 0 Å². The highest BCUT2D eigenvalue weighted by atomic mass is 32.1. The highest BCUT2D eigenvalue weighted by Gasteiger charge is 2.17. The Kier molecular flexibility index (Phi) is 3.33. The van der Waals surface area contributed by atoms with Gasteiger partial charge in [0.15, 0.2) is 5.13 Å². The molecule has 3 heteroatoms. The number of anilines is 1. The number of nitrogens with zero attached hydrogens (tertiary/aromatic N) is 2. The maximum atomic E-state index is 4.85. The molecular weight excluding hydrogens is 240 g/mol. The van der Waals surface area contributed by atoms with E-state index < -0.39 is 0 Å². The van der Waals surface area contributed by atoms with Crippen molar-refractivity contribution >= 4 is 16.5 Å². The number of rotatable bonds is 2. The maximum Gasteiger partial charge on any atom is 0.186 e. The molecule has 2 heterocycles. The van der Waals surface area contributed by atoms with E-state index in [9.17, 15) is 0 Å². The van der Waals surface area contributed by atoms with Crippen LogP contribution in [-0.2, 0) is 0 Å². The largest absolute Gasteiger partial charge is 0.348 e. The van der Waals surface area contributed by atoms with Crippen LogP contribution in [0, 0.1) is 6.92 Å². The van der Waals surface area contributed by atoms with Gasteiger partial charge in [0.1, 0.15) is 0 Å². The van der Waals surface area contributed by atoms with Crippen molar-refractivity contribution in [2.24, 2.45) is 0 Å². The fourth-order valence-electron chi connectivity index (χ4n) is 2.47. The number of aromatic nitrogens is 1. The molecule has 1 aliphatic heterocycles. The van der Waals surface area contributed by atoms with Crippen LogP contribution in [0.5, 0.6) is 0 Å². The van der Waals surface area contributed by atoms with Gasteiger partial charge >= 0.3 is 0 Å². The van der Waals surface area contributed by atoms with Crippen molar-refractivity contribution in [3.8, 4) is 11.3 Å². The van der Waals surface area contributed by atoms with Crippen LogP contribution < -0.4 is 4.90 Å². The molecule has 0 N–H and O–H groups in total. The second-order valence-electron chi connectivity index (χ2n) is 4.81. The minimum atomic E-state index is 1.15. The van der Waals surface area contributed by atoms with Crippen LogP contribution in [0.4, 0.5) is 5.13 Å². The minimum absolute atomic E-state index is 1.15. The molecule has 0 unspecified atom stereocenters. The Morgan fingerprint density at radius 3 is 2.50 bits per heavy atom. The number of piperidine rings is 1. The standard InChI is InChI=1S/C15H18N2S/c1-12-14(13-8-4-2-5-9-13)16-15(18-12)17-10-6-3-7-11-17/h2,4-5,8-9H,3,6-7,10-11H2,1H3. The van der Waals surface area contributed by atoms with Crippen LogP contribution in [0.15, 0.2) is 30.3 Å². The molecule has 0 bridgehead atoms. The summed E-state index contributed by atoms with van der Waals surface area (Å²) >= 11 is 1.83. The summed E-state index contributed by atoms with van der Waals surface area (Å²) in [5.74, 6) is 0. The lowest BCUT2D eigenvalue weighted by molar-refractivity contribution is 0.577. The zero-order valence-electron chi connectivity index (χ0n) is 10.7. The average molecular weight is 258 g/mol. The molecule has 3 rings (SSSR count). The van der Waals surface area contributed by atoms with Crippen LogP contribution in [0.1, 0.15) is 24.1 Å². The fourth-order valence-corrected chi connectivity index (χ4v) is 3.45. The van der Waals surface area contributed by atoms with Gasteiger partial charge in [-0.15, -0.1) is 11.3 Å². The molecule has 0 radical (unpaired) electrons. The van der Waals surface area contributed by atoms with Crippen LogP contribution in [-0.4, -0.2) is 18.1 Å². The summed E-state index contributed by atoms with van der Waals surface area (Å²) in [6, 6.07) is 10.5. The van der Waals surface area contributed by atoms with Crippen molar-refractivity contribution in [1.82, 2.24) is 4.98 Å². The summed E-state index contributed by atoms with van der Waals surface area (Å²) in [7, 11) is 0. The maximum absolute atomic E-state index is 4.85. The third kappa shape index (κ3) is 2.27. The number of thiazole rings is 1. The Labute approximate surface area is 112 Å². The van der Waals surface area contributed by atoms with Crippen molar-refractivity contribution in [2.75, 3.05) is 18.0 Å². The van der Waals surface area contributed by atoms with Crippen molar-refractivity contribution in [3.05, 3.63) is 35.2 Å². The predicted octanol–water partition coefficient (Wildman–Crippen LogP) is 4.11. The van der Waals surface area contributed by atoms with Gasteiger partial charge < -0.3 is 4.90 Å². The Morgan fingerprint density at radius 2 is 1.78 bits per heavy atom. The zero-order chi connectivity index (χ0) is 12.4. The van der Waals surface area contributed by atoms with Gasteiger partial charge in [0, 0.05) is 23.5 Å². The van der Waals surface area contributed by atoms with Gasteiger partial charge in [0.05, 0.1) is 5.69 Å². The van der Waals surface area contributed by atoms with E-state index in [2.05, 4.69) is 42.2 Å². The van der Waals surface area contributed by atoms with E-state index in [1.165, 1.54) is 47.9 Å². The normalized spacial score (nSPS) is 15.9. The van der Waals surface area contributed by atoms with E-state index in [0.717, 1.165) is 5.69 Å². The Balaban J connectivity index is 1.91. The number of hydrogen-bond acceptors (Lipinski definition) is 3. The van der Waals surface area contributed by atoms with Gasteiger partial charge in [0.2, 0.25) is 0 Å². The van der Waals surface area contributed by atoms with Gasteiger partial charge in [0.25, 0.3) is 0 Å². The molecule has 1 aromatic carbocycles. The molecule has 0 amide bonds. The summed E-state index contributed by atoms with van der Waals surface area (Å²) in [4.78, 5) is 8.61. The summed E-state index contributed by atoms with van der Waals surface area (Å²) in [6.45, 7) is 4.51. The molecule has 18 heavy (non-hydrogen) atoms. The van der Waals surface area contributed by atoms with E-state index in [-0.39, 0.29) is 0 Å².